The van der Waals surface area contributed by atoms with Crippen molar-refractivity contribution in [2.45, 2.75) is 39.5 Å². The maximum absolute atomic E-state index is 5.91. The molecule has 1 aliphatic heterocycles. The smallest absolute Gasteiger partial charge is 0.200 e. The van der Waals surface area contributed by atoms with Gasteiger partial charge in [0, 0.05) is 19.2 Å². The molecule has 0 aliphatic carbocycles. The van der Waals surface area contributed by atoms with E-state index in [0.29, 0.717) is 5.96 Å². The summed E-state index contributed by atoms with van der Waals surface area (Å²) < 4.78 is 0. The van der Waals surface area contributed by atoms with Gasteiger partial charge in [-0.15, -0.1) is 0 Å². The number of hydrogen-bond acceptors (Lipinski definition) is 3. The summed E-state index contributed by atoms with van der Waals surface area (Å²) in [5.41, 5.74) is 10.5. The first kappa shape index (κ1) is 16.3. The zero-order valence-corrected chi connectivity index (χ0v) is 14.0. The molecule has 1 heterocycles. The fraction of sp³-hybridized carbons (Fsp3) is 0.421. The summed E-state index contributed by atoms with van der Waals surface area (Å²) in [5.74, 6) is 1.28. The van der Waals surface area contributed by atoms with Crippen LogP contribution in [0.15, 0.2) is 53.3 Å². The Morgan fingerprint density at radius 2 is 2.00 bits per heavy atom. The number of nitrogens with zero attached hydrogens (tertiary/aromatic N) is 2. The average molecular weight is 297 g/mol. The van der Waals surface area contributed by atoms with Crippen LogP contribution in [0.5, 0.6) is 0 Å². The molecular formula is C19H27N3. The predicted octanol–water partition coefficient (Wildman–Crippen LogP) is 3.87. The molecule has 0 radical (unpaired) electrons. The molecule has 2 rings (SSSR count). The van der Waals surface area contributed by atoms with Crippen molar-refractivity contribution in [1.29, 1.82) is 0 Å². The van der Waals surface area contributed by atoms with Crippen molar-refractivity contribution in [3.8, 4) is 0 Å². The van der Waals surface area contributed by atoms with Crippen molar-refractivity contribution in [2.24, 2.45) is 16.6 Å². The fourth-order valence-corrected chi connectivity index (χ4v) is 2.60. The van der Waals surface area contributed by atoms with Gasteiger partial charge in [-0.2, -0.15) is 0 Å². The highest BCUT2D eigenvalue weighted by Gasteiger charge is 2.12. The number of nitrogens with two attached hydrogens (primary N) is 1. The third-order valence-electron chi connectivity index (χ3n) is 3.99. The van der Waals surface area contributed by atoms with Gasteiger partial charge in [0.1, 0.15) is 0 Å². The summed E-state index contributed by atoms with van der Waals surface area (Å²) in [6, 6.07) is 8.79. The molecule has 0 saturated heterocycles. The van der Waals surface area contributed by atoms with E-state index in [0.717, 1.165) is 30.2 Å². The summed E-state index contributed by atoms with van der Waals surface area (Å²) in [6.07, 6.45) is 6.47. The molecular weight excluding hydrogens is 270 g/mol. The van der Waals surface area contributed by atoms with Gasteiger partial charge in [0.05, 0.1) is 5.70 Å². The topological polar surface area (TPSA) is 41.6 Å². The van der Waals surface area contributed by atoms with Crippen LogP contribution in [-0.4, -0.2) is 17.9 Å². The van der Waals surface area contributed by atoms with E-state index in [1.54, 1.807) is 4.90 Å². The van der Waals surface area contributed by atoms with Gasteiger partial charge in [-0.25, -0.2) is 4.99 Å². The minimum atomic E-state index is 0.510. The maximum atomic E-state index is 5.91. The van der Waals surface area contributed by atoms with E-state index in [9.17, 15) is 0 Å². The Balaban J connectivity index is 2.02. The Bertz CT molecular complexity index is 596. The Morgan fingerprint density at radius 1 is 1.27 bits per heavy atom. The molecule has 0 fully saturated rings. The first-order valence-electron chi connectivity index (χ1n) is 8.01. The highest BCUT2D eigenvalue weighted by Crippen LogP contribution is 2.19. The van der Waals surface area contributed by atoms with Crippen molar-refractivity contribution in [1.82, 2.24) is 4.90 Å². The van der Waals surface area contributed by atoms with E-state index in [1.807, 2.05) is 13.1 Å². The summed E-state index contributed by atoms with van der Waals surface area (Å²) >= 11 is 0. The number of likely N-dealkylation sites (N-methyl/N-ethyl adjacent to an activating group) is 1. The normalized spacial score (nSPS) is 15.1. The number of guanidine groups is 1. The average Bonchev–Trinajstić information content (AvgIpc) is 2.45. The minimum absolute atomic E-state index is 0.510. The van der Waals surface area contributed by atoms with Crippen LogP contribution in [0.2, 0.25) is 0 Å². The quantitative estimate of drug-likeness (QED) is 0.866. The Labute approximate surface area is 134 Å². The van der Waals surface area contributed by atoms with Crippen molar-refractivity contribution < 1.29 is 0 Å². The lowest BCUT2D eigenvalue weighted by molar-refractivity contribution is 0.556. The van der Waals surface area contributed by atoms with Crippen LogP contribution >= 0.6 is 0 Å². The molecule has 0 unspecified atom stereocenters. The first-order chi connectivity index (χ1) is 10.5. The van der Waals surface area contributed by atoms with E-state index in [4.69, 9.17) is 5.73 Å². The second kappa shape index (κ2) is 7.30. The van der Waals surface area contributed by atoms with Crippen LogP contribution in [-0.2, 0) is 12.8 Å². The molecule has 2 N–H and O–H groups in total. The van der Waals surface area contributed by atoms with Crippen LogP contribution in [0.25, 0.3) is 0 Å². The molecule has 0 spiro atoms. The molecule has 0 saturated carbocycles. The summed E-state index contributed by atoms with van der Waals surface area (Å²) in [4.78, 5) is 6.24. The molecule has 1 aromatic carbocycles. The van der Waals surface area contributed by atoms with Crippen LogP contribution < -0.4 is 5.73 Å². The molecule has 3 nitrogen and oxygen atoms in total. The molecule has 1 aliphatic rings. The molecule has 0 amide bonds. The molecule has 0 aromatic heterocycles. The van der Waals surface area contributed by atoms with E-state index >= 15 is 0 Å². The Hall–Kier alpha value is -2.03. The monoisotopic (exact) mass is 297 g/mol. The van der Waals surface area contributed by atoms with Crippen LogP contribution in [0.1, 0.15) is 37.8 Å². The van der Waals surface area contributed by atoms with E-state index in [1.165, 1.54) is 24.0 Å². The number of aryl methyl sites for hydroxylation is 1. The van der Waals surface area contributed by atoms with Crippen LogP contribution in [0.4, 0.5) is 0 Å². The van der Waals surface area contributed by atoms with Crippen molar-refractivity contribution >= 4 is 5.96 Å². The lowest BCUT2D eigenvalue weighted by Crippen LogP contribution is -2.34. The summed E-state index contributed by atoms with van der Waals surface area (Å²) in [5, 5.41) is 0. The molecule has 118 valence electrons. The number of hydrogen-bond donors (Lipinski definition) is 1. The van der Waals surface area contributed by atoms with Gasteiger partial charge in [-0.1, -0.05) is 51.1 Å². The Morgan fingerprint density at radius 3 is 2.68 bits per heavy atom. The van der Waals surface area contributed by atoms with Gasteiger partial charge in [-0.05, 0) is 36.0 Å². The van der Waals surface area contributed by atoms with Crippen LogP contribution in [0.3, 0.4) is 0 Å². The number of benzene rings is 1. The van der Waals surface area contributed by atoms with Gasteiger partial charge in [-0.3, -0.25) is 0 Å². The SMILES string of the molecule is C=C1C=C(Cc2cccc(CCCC(C)C)c2)N=C(N)N1C. The fourth-order valence-electron chi connectivity index (χ4n) is 2.60. The van der Waals surface area contributed by atoms with Crippen LogP contribution in [0, 0.1) is 5.92 Å². The standard InChI is InChI=1S/C19H27N3/c1-14(2)7-5-8-16-9-6-10-17(12-16)13-18-11-15(3)22(4)19(20)21-18/h6,9-12,14H,3,5,7-8,13H2,1-2,4H3,(H2,20,21). The van der Waals surface area contributed by atoms with Crippen molar-refractivity contribution in [3.63, 3.8) is 0 Å². The number of aliphatic imine (C=N–C) groups is 1. The minimum Gasteiger partial charge on any atom is -0.369 e. The van der Waals surface area contributed by atoms with Gasteiger partial charge < -0.3 is 10.6 Å². The maximum Gasteiger partial charge on any atom is 0.200 e. The van der Waals surface area contributed by atoms with Gasteiger partial charge in [0.2, 0.25) is 0 Å². The third kappa shape index (κ3) is 4.48. The van der Waals surface area contributed by atoms with E-state index < -0.39 is 0 Å². The molecule has 3 heteroatoms. The molecule has 22 heavy (non-hydrogen) atoms. The highest BCUT2D eigenvalue weighted by atomic mass is 15.2. The predicted molar refractivity (Wildman–Crippen MR) is 94.5 cm³/mol. The second-order valence-electron chi connectivity index (χ2n) is 6.44. The number of rotatable bonds is 6. The Kier molecular flexibility index (Phi) is 5.42. The number of allylic oxidation sites excluding steroid dienone is 2. The van der Waals surface area contributed by atoms with Crippen molar-refractivity contribution in [2.75, 3.05) is 7.05 Å². The largest absolute Gasteiger partial charge is 0.369 e. The zero-order valence-electron chi connectivity index (χ0n) is 14.0. The molecule has 1 aromatic rings. The van der Waals surface area contributed by atoms with Gasteiger partial charge in [0.15, 0.2) is 5.96 Å². The van der Waals surface area contributed by atoms with E-state index in [-0.39, 0.29) is 0 Å². The summed E-state index contributed by atoms with van der Waals surface area (Å²) in [6.45, 7) is 8.55. The second-order valence-corrected chi connectivity index (χ2v) is 6.44. The zero-order chi connectivity index (χ0) is 16.1. The lowest BCUT2D eigenvalue weighted by atomic mass is 9.99. The van der Waals surface area contributed by atoms with Gasteiger partial charge in [0.25, 0.3) is 0 Å². The first-order valence-corrected chi connectivity index (χ1v) is 8.01. The summed E-state index contributed by atoms with van der Waals surface area (Å²) in [7, 11) is 1.88. The van der Waals surface area contributed by atoms with E-state index in [2.05, 4.69) is 49.7 Å². The van der Waals surface area contributed by atoms with Crippen molar-refractivity contribution in [3.05, 3.63) is 59.4 Å². The lowest BCUT2D eigenvalue weighted by Gasteiger charge is -2.23. The van der Waals surface area contributed by atoms with Gasteiger partial charge >= 0.3 is 0 Å². The third-order valence-corrected chi connectivity index (χ3v) is 3.99. The highest BCUT2D eigenvalue weighted by molar-refractivity contribution is 5.82. The molecule has 0 bridgehead atoms. The molecule has 0 atom stereocenters.